The predicted octanol–water partition coefficient (Wildman–Crippen LogP) is 4.88. The molecule has 0 atom stereocenters. The van der Waals surface area contributed by atoms with Gasteiger partial charge >= 0.3 is 0 Å². The SMILES string of the molecule is COc1ccc(-c2ccc(Cl)cc2)c(CSC)c1. The molecule has 0 fully saturated rings. The van der Waals surface area contributed by atoms with Gasteiger partial charge in [0, 0.05) is 10.8 Å². The lowest BCUT2D eigenvalue weighted by molar-refractivity contribution is 0.414. The number of halogens is 1. The normalized spacial score (nSPS) is 10.4. The first-order valence-electron chi connectivity index (χ1n) is 5.66. The van der Waals surface area contributed by atoms with Crippen LogP contribution in [0.1, 0.15) is 5.56 Å². The molecule has 0 saturated carbocycles. The van der Waals surface area contributed by atoms with E-state index in [4.69, 9.17) is 16.3 Å². The summed E-state index contributed by atoms with van der Waals surface area (Å²) in [5.74, 6) is 1.87. The van der Waals surface area contributed by atoms with E-state index < -0.39 is 0 Å². The van der Waals surface area contributed by atoms with Gasteiger partial charge in [-0.05, 0) is 47.2 Å². The molecule has 18 heavy (non-hydrogen) atoms. The van der Waals surface area contributed by atoms with Crippen LogP contribution in [0.5, 0.6) is 5.75 Å². The lowest BCUT2D eigenvalue weighted by Gasteiger charge is -2.11. The minimum absolute atomic E-state index is 0.763. The Morgan fingerprint density at radius 1 is 1.11 bits per heavy atom. The van der Waals surface area contributed by atoms with Crippen molar-refractivity contribution in [1.29, 1.82) is 0 Å². The predicted molar refractivity (Wildman–Crippen MR) is 80.7 cm³/mol. The summed E-state index contributed by atoms with van der Waals surface area (Å²) in [6.07, 6.45) is 2.10. The Balaban J connectivity index is 2.45. The Labute approximate surface area is 117 Å². The van der Waals surface area contributed by atoms with Gasteiger partial charge in [-0.1, -0.05) is 29.8 Å². The van der Waals surface area contributed by atoms with Crippen molar-refractivity contribution >= 4 is 23.4 Å². The van der Waals surface area contributed by atoms with E-state index in [-0.39, 0.29) is 0 Å². The van der Waals surface area contributed by atoms with E-state index in [1.165, 1.54) is 16.7 Å². The lowest BCUT2D eigenvalue weighted by Crippen LogP contribution is -1.90. The van der Waals surface area contributed by atoms with E-state index in [1.807, 2.05) is 30.3 Å². The molecule has 0 saturated heterocycles. The molecule has 0 spiro atoms. The van der Waals surface area contributed by atoms with E-state index >= 15 is 0 Å². The summed E-state index contributed by atoms with van der Waals surface area (Å²) in [5.41, 5.74) is 3.71. The van der Waals surface area contributed by atoms with Crippen LogP contribution in [0.3, 0.4) is 0 Å². The molecule has 2 rings (SSSR count). The topological polar surface area (TPSA) is 9.23 Å². The highest BCUT2D eigenvalue weighted by Crippen LogP contribution is 2.30. The molecule has 2 aromatic rings. The molecule has 0 unspecified atom stereocenters. The highest BCUT2D eigenvalue weighted by atomic mass is 35.5. The van der Waals surface area contributed by atoms with Crippen LogP contribution < -0.4 is 4.74 Å². The molecule has 0 N–H and O–H groups in total. The first-order valence-corrected chi connectivity index (χ1v) is 7.43. The zero-order valence-electron chi connectivity index (χ0n) is 10.4. The molecule has 0 heterocycles. The van der Waals surface area contributed by atoms with Crippen LogP contribution in [-0.4, -0.2) is 13.4 Å². The minimum atomic E-state index is 0.763. The molecule has 0 radical (unpaired) electrons. The van der Waals surface area contributed by atoms with Gasteiger partial charge in [0.1, 0.15) is 5.75 Å². The van der Waals surface area contributed by atoms with E-state index in [0.717, 1.165) is 16.5 Å². The van der Waals surface area contributed by atoms with Crippen molar-refractivity contribution in [2.75, 3.05) is 13.4 Å². The zero-order valence-corrected chi connectivity index (χ0v) is 12.0. The Bertz CT molecular complexity index is 523. The maximum Gasteiger partial charge on any atom is 0.119 e. The van der Waals surface area contributed by atoms with Crippen LogP contribution in [-0.2, 0) is 5.75 Å². The van der Waals surface area contributed by atoms with Crippen LogP contribution in [0, 0.1) is 0 Å². The zero-order chi connectivity index (χ0) is 13.0. The Morgan fingerprint density at radius 3 is 2.44 bits per heavy atom. The quantitative estimate of drug-likeness (QED) is 0.788. The van der Waals surface area contributed by atoms with Crippen molar-refractivity contribution in [1.82, 2.24) is 0 Å². The highest BCUT2D eigenvalue weighted by Gasteiger charge is 2.06. The van der Waals surface area contributed by atoms with Gasteiger partial charge in [-0.15, -0.1) is 0 Å². The van der Waals surface area contributed by atoms with Crippen LogP contribution in [0.2, 0.25) is 5.02 Å². The van der Waals surface area contributed by atoms with Gasteiger partial charge in [0.05, 0.1) is 7.11 Å². The molecule has 0 aliphatic heterocycles. The second-order valence-electron chi connectivity index (χ2n) is 3.96. The molecular weight excluding hydrogens is 264 g/mol. The van der Waals surface area contributed by atoms with Crippen LogP contribution in [0.4, 0.5) is 0 Å². The molecule has 2 aromatic carbocycles. The summed E-state index contributed by atoms with van der Waals surface area (Å²) in [6.45, 7) is 0. The third-order valence-corrected chi connectivity index (χ3v) is 3.62. The van der Waals surface area contributed by atoms with Gasteiger partial charge in [0.25, 0.3) is 0 Å². The number of ether oxygens (including phenoxy) is 1. The average molecular weight is 279 g/mol. The number of methoxy groups -OCH3 is 1. The summed E-state index contributed by atoms with van der Waals surface area (Å²) < 4.78 is 5.28. The largest absolute Gasteiger partial charge is 0.497 e. The van der Waals surface area contributed by atoms with Gasteiger partial charge in [0.2, 0.25) is 0 Å². The Kier molecular flexibility index (Phi) is 4.56. The fourth-order valence-corrected chi connectivity index (χ4v) is 2.56. The molecule has 0 amide bonds. The summed E-state index contributed by atoms with van der Waals surface area (Å²) in [5, 5.41) is 0.763. The van der Waals surface area contributed by atoms with Crippen molar-refractivity contribution in [3.05, 3.63) is 53.1 Å². The molecule has 94 valence electrons. The third-order valence-electron chi connectivity index (χ3n) is 2.77. The maximum absolute atomic E-state index is 5.92. The minimum Gasteiger partial charge on any atom is -0.497 e. The van der Waals surface area contributed by atoms with Gasteiger partial charge in [-0.3, -0.25) is 0 Å². The van der Waals surface area contributed by atoms with Crippen molar-refractivity contribution in [3.8, 4) is 16.9 Å². The van der Waals surface area contributed by atoms with Crippen LogP contribution in [0.25, 0.3) is 11.1 Å². The van der Waals surface area contributed by atoms with Gasteiger partial charge < -0.3 is 4.74 Å². The first-order chi connectivity index (χ1) is 8.74. The first kappa shape index (κ1) is 13.3. The fourth-order valence-electron chi connectivity index (χ4n) is 1.88. The van der Waals surface area contributed by atoms with Gasteiger partial charge in [-0.2, -0.15) is 11.8 Å². The van der Waals surface area contributed by atoms with Crippen molar-refractivity contribution in [2.45, 2.75) is 5.75 Å². The maximum atomic E-state index is 5.92. The van der Waals surface area contributed by atoms with Gasteiger partial charge in [0.15, 0.2) is 0 Å². The smallest absolute Gasteiger partial charge is 0.119 e. The number of benzene rings is 2. The molecule has 0 bridgehead atoms. The third kappa shape index (κ3) is 3.01. The summed E-state index contributed by atoms with van der Waals surface area (Å²) in [4.78, 5) is 0. The highest BCUT2D eigenvalue weighted by molar-refractivity contribution is 7.97. The lowest BCUT2D eigenvalue weighted by atomic mass is 10.0. The number of hydrogen-bond acceptors (Lipinski definition) is 2. The summed E-state index contributed by atoms with van der Waals surface area (Å²) in [7, 11) is 1.69. The molecule has 0 aliphatic rings. The van der Waals surface area contributed by atoms with Crippen molar-refractivity contribution in [2.24, 2.45) is 0 Å². The van der Waals surface area contributed by atoms with Crippen molar-refractivity contribution in [3.63, 3.8) is 0 Å². The average Bonchev–Trinajstić information content (AvgIpc) is 2.40. The molecule has 0 aliphatic carbocycles. The molecule has 1 nitrogen and oxygen atoms in total. The second-order valence-corrected chi connectivity index (χ2v) is 5.27. The Morgan fingerprint density at radius 2 is 1.83 bits per heavy atom. The summed E-state index contributed by atoms with van der Waals surface area (Å²) >= 11 is 7.73. The monoisotopic (exact) mass is 278 g/mol. The van der Waals surface area contributed by atoms with E-state index in [9.17, 15) is 0 Å². The molecular formula is C15H15ClOS. The van der Waals surface area contributed by atoms with E-state index in [0.29, 0.717) is 0 Å². The number of rotatable bonds is 4. The van der Waals surface area contributed by atoms with Gasteiger partial charge in [-0.25, -0.2) is 0 Å². The Hall–Kier alpha value is -1.12. The second kappa shape index (κ2) is 6.17. The van der Waals surface area contributed by atoms with E-state index in [1.54, 1.807) is 18.9 Å². The summed E-state index contributed by atoms with van der Waals surface area (Å²) in [6, 6.07) is 14.1. The number of thioether (sulfide) groups is 1. The van der Waals surface area contributed by atoms with Crippen LogP contribution in [0.15, 0.2) is 42.5 Å². The standard InChI is InChI=1S/C15H15ClOS/c1-17-14-7-8-15(12(9-14)10-18-2)11-3-5-13(16)6-4-11/h3-9H,10H2,1-2H3. The molecule has 0 aromatic heterocycles. The fraction of sp³-hybridized carbons (Fsp3) is 0.200. The molecule has 3 heteroatoms. The van der Waals surface area contributed by atoms with E-state index in [2.05, 4.69) is 18.4 Å². The number of hydrogen-bond donors (Lipinski definition) is 0. The van der Waals surface area contributed by atoms with Crippen LogP contribution >= 0.6 is 23.4 Å². The van der Waals surface area contributed by atoms with Crippen molar-refractivity contribution < 1.29 is 4.74 Å².